The number of urea groups is 1. The van der Waals surface area contributed by atoms with E-state index >= 15 is 0 Å². The third-order valence-corrected chi connectivity index (χ3v) is 2.85. The summed E-state index contributed by atoms with van der Waals surface area (Å²) in [5.74, 6) is -1.04. The molecule has 1 atom stereocenters. The molecular formula is C13H23F3N2O3. The second-order valence-electron chi connectivity index (χ2n) is 5.41. The van der Waals surface area contributed by atoms with Gasteiger partial charge in [-0.3, -0.25) is 4.79 Å². The highest BCUT2D eigenvalue weighted by Gasteiger charge is 2.32. The van der Waals surface area contributed by atoms with Crippen molar-refractivity contribution in [3.8, 4) is 0 Å². The summed E-state index contributed by atoms with van der Waals surface area (Å²) < 4.78 is 36.9. The fourth-order valence-corrected chi connectivity index (χ4v) is 2.04. The van der Waals surface area contributed by atoms with Gasteiger partial charge in [-0.2, -0.15) is 13.2 Å². The number of carboxylic acid groups (broad SMARTS) is 1. The number of halogens is 3. The van der Waals surface area contributed by atoms with Crippen molar-refractivity contribution in [3.63, 3.8) is 0 Å². The maximum absolute atomic E-state index is 12.3. The van der Waals surface area contributed by atoms with Crippen LogP contribution in [0.3, 0.4) is 0 Å². The molecule has 0 aromatic heterocycles. The van der Waals surface area contributed by atoms with Crippen molar-refractivity contribution in [1.29, 1.82) is 0 Å². The minimum atomic E-state index is -4.45. The van der Waals surface area contributed by atoms with Crippen LogP contribution in [0, 0.1) is 11.8 Å². The first-order valence-corrected chi connectivity index (χ1v) is 6.86. The van der Waals surface area contributed by atoms with Crippen LogP contribution < -0.4 is 5.32 Å². The van der Waals surface area contributed by atoms with Gasteiger partial charge in [0.15, 0.2) is 0 Å². The molecule has 0 bridgehead atoms. The number of amides is 2. The summed E-state index contributed by atoms with van der Waals surface area (Å²) in [5.41, 5.74) is 0. The van der Waals surface area contributed by atoms with E-state index < -0.39 is 24.7 Å². The molecule has 0 aliphatic rings. The third-order valence-electron chi connectivity index (χ3n) is 2.85. The molecule has 0 radical (unpaired) electrons. The van der Waals surface area contributed by atoms with Gasteiger partial charge in [0.2, 0.25) is 0 Å². The summed E-state index contributed by atoms with van der Waals surface area (Å²) in [6, 6.07) is -0.825. The minimum absolute atomic E-state index is 0.0532. The van der Waals surface area contributed by atoms with Gasteiger partial charge < -0.3 is 15.3 Å². The Labute approximate surface area is 122 Å². The third kappa shape index (κ3) is 9.97. The van der Waals surface area contributed by atoms with Crippen molar-refractivity contribution in [2.45, 2.75) is 39.8 Å². The number of hydrogen-bond donors (Lipinski definition) is 2. The molecule has 0 aliphatic carbocycles. The van der Waals surface area contributed by atoms with Crippen LogP contribution >= 0.6 is 0 Å². The quantitative estimate of drug-likeness (QED) is 0.724. The first-order chi connectivity index (χ1) is 9.55. The van der Waals surface area contributed by atoms with E-state index in [1.54, 1.807) is 0 Å². The van der Waals surface area contributed by atoms with E-state index in [1.165, 1.54) is 6.92 Å². The van der Waals surface area contributed by atoms with Gasteiger partial charge >= 0.3 is 18.2 Å². The number of carbonyl (C=O) groups is 2. The van der Waals surface area contributed by atoms with E-state index in [1.807, 2.05) is 13.8 Å². The molecule has 0 aromatic rings. The van der Waals surface area contributed by atoms with Gasteiger partial charge in [-0.05, 0) is 25.2 Å². The van der Waals surface area contributed by atoms with Crippen LogP contribution in [0.15, 0.2) is 0 Å². The standard InChI is InChI=1S/C13H23F3N2O3/c1-4-18(8-13(14,15)16)12(21)17-7-10(5-9(2)3)6-11(19)20/h9-10H,4-8H2,1-3H3,(H,17,21)(H,19,20)/t10-/m0/s1. The minimum Gasteiger partial charge on any atom is -0.481 e. The van der Waals surface area contributed by atoms with E-state index in [0.29, 0.717) is 11.3 Å². The Morgan fingerprint density at radius 3 is 2.24 bits per heavy atom. The van der Waals surface area contributed by atoms with Gasteiger partial charge in [0.1, 0.15) is 6.54 Å². The number of aliphatic carboxylic acids is 1. The predicted molar refractivity (Wildman–Crippen MR) is 71.9 cm³/mol. The molecule has 8 heteroatoms. The predicted octanol–water partition coefficient (Wildman–Crippen LogP) is 2.72. The van der Waals surface area contributed by atoms with Crippen LogP contribution in [-0.2, 0) is 4.79 Å². The smallest absolute Gasteiger partial charge is 0.406 e. The van der Waals surface area contributed by atoms with E-state index in [2.05, 4.69) is 5.32 Å². The molecule has 2 amide bonds. The van der Waals surface area contributed by atoms with Crippen LogP contribution in [0.25, 0.3) is 0 Å². The Kier molecular flexibility index (Phi) is 8.12. The number of nitrogens with zero attached hydrogens (tertiary/aromatic N) is 1. The van der Waals surface area contributed by atoms with E-state index in [4.69, 9.17) is 5.11 Å². The maximum Gasteiger partial charge on any atom is 0.406 e. The van der Waals surface area contributed by atoms with Gasteiger partial charge in [0.25, 0.3) is 0 Å². The lowest BCUT2D eigenvalue weighted by Gasteiger charge is -2.24. The number of carbonyl (C=O) groups excluding carboxylic acids is 1. The Morgan fingerprint density at radius 1 is 1.29 bits per heavy atom. The molecule has 124 valence electrons. The van der Waals surface area contributed by atoms with Crippen molar-refractivity contribution in [2.75, 3.05) is 19.6 Å². The van der Waals surface area contributed by atoms with Crippen LogP contribution in [-0.4, -0.2) is 47.8 Å². The highest BCUT2D eigenvalue weighted by Crippen LogP contribution is 2.17. The fraction of sp³-hybridized carbons (Fsp3) is 0.846. The molecule has 21 heavy (non-hydrogen) atoms. The summed E-state index contributed by atoms with van der Waals surface area (Å²) in [4.78, 5) is 23.1. The first-order valence-electron chi connectivity index (χ1n) is 6.86. The molecule has 0 heterocycles. The van der Waals surface area contributed by atoms with Gasteiger partial charge in [0, 0.05) is 19.5 Å². The van der Waals surface area contributed by atoms with Crippen molar-refractivity contribution in [2.24, 2.45) is 11.8 Å². The molecule has 2 N–H and O–H groups in total. The second kappa shape index (κ2) is 8.74. The number of carboxylic acids is 1. The SMILES string of the molecule is CCN(CC(F)(F)F)C(=O)NC[C@H](CC(=O)O)CC(C)C. The van der Waals surface area contributed by atoms with E-state index in [-0.39, 0.29) is 31.3 Å². The molecule has 0 saturated carbocycles. The molecule has 0 aliphatic heterocycles. The highest BCUT2D eigenvalue weighted by molar-refractivity contribution is 5.74. The van der Waals surface area contributed by atoms with Gasteiger partial charge in [-0.25, -0.2) is 4.79 Å². The highest BCUT2D eigenvalue weighted by atomic mass is 19.4. The lowest BCUT2D eigenvalue weighted by atomic mass is 9.94. The lowest BCUT2D eigenvalue weighted by molar-refractivity contribution is -0.139. The average molecular weight is 312 g/mol. The van der Waals surface area contributed by atoms with Crippen molar-refractivity contribution < 1.29 is 27.9 Å². The fourth-order valence-electron chi connectivity index (χ4n) is 2.04. The normalized spacial score (nSPS) is 13.1. The Hall–Kier alpha value is -1.47. The largest absolute Gasteiger partial charge is 0.481 e. The van der Waals surface area contributed by atoms with Crippen molar-refractivity contribution >= 4 is 12.0 Å². The molecule has 0 rings (SSSR count). The summed E-state index contributed by atoms with van der Waals surface area (Å²) in [5, 5.41) is 11.2. The topological polar surface area (TPSA) is 69.6 Å². The van der Waals surface area contributed by atoms with Gasteiger partial charge in [-0.15, -0.1) is 0 Å². The van der Waals surface area contributed by atoms with E-state index in [0.717, 1.165) is 0 Å². The summed E-state index contributed by atoms with van der Waals surface area (Å²) in [7, 11) is 0. The molecule has 0 unspecified atom stereocenters. The number of alkyl halides is 3. The lowest BCUT2D eigenvalue weighted by Crippen LogP contribution is -2.46. The van der Waals surface area contributed by atoms with Gasteiger partial charge in [-0.1, -0.05) is 13.8 Å². The van der Waals surface area contributed by atoms with Crippen LogP contribution in [0.4, 0.5) is 18.0 Å². The second-order valence-corrected chi connectivity index (χ2v) is 5.41. The Morgan fingerprint density at radius 2 is 1.86 bits per heavy atom. The summed E-state index contributed by atoms with van der Waals surface area (Å²) >= 11 is 0. The summed E-state index contributed by atoms with van der Waals surface area (Å²) in [6.45, 7) is 3.95. The zero-order valence-electron chi connectivity index (χ0n) is 12.5. The van der Waals surface area contributed by atoms with Crippen LogP contribution in [0.5, 0.6) is 0 Å². The number of hydrogen-bond acceptors (Lipinski definition) is 2. The monoisotopic (exact) mass is 312 g/mol. The Balaban J connectivity index is 4.48. The van der Waals surface area contributed by atoms with Crippen LogP contribution in [0.1, 0.15) is 33.6 Å². The average Bonchev–Trinajstić information content (AvgIpc) is 2.30. The Bertz CT molecular complexity index is 346. The summed E-state index contributed by atoms with van der Waals surface area (Å²) in [6.07, 6.45) is -3.99. The molecule has 5 nitrogen and oxygen atoms in total. The van der Waals surface area contributed by atoms with Crippen LogP contribution in [0.2, 0.25) is 0 Å². The zero-order chi connectivity index (χ0) is 16.6. The number of rotatable bonds is 8. The van der Waals surface area contributed by atoms with E-state index in [9.17, 15) is 22.8 Å². The van der Waals surface area contributed by atoms with Crippen molar-refractivity contribution in [1.82, 2.24) is 10.2 Å². The molecule has 0 aromatic carbocycles. The maximum atomic E-state index is 12.3. The molecular weight excluding hydrogens is 289 g/mol. The van der Waals surface area contributed by atoms with Crippen molar-refractivity contribution in [3.05, 3.63) is 0 Å². The first kappa shape index (κ1) is 19.5. The molecule has 0 spiro atoms. The van der Waals surface area contributed by atoms with Gasteiger partial charge in [0.05, 0.1) is 0 Å². The number of nitrogens with one attached hydrogen (secondary N) is 1. The molecule has 0 saturated heterocycles. The molecule has 0 fully saturated rings. The zero-order valence-corrected chi connectivity index (χ0v) is 12.5.